The van der Waals surface area contributed by atoms with E-state index in [4.69, 9.17) is 6.42 Å². The molecular formula is C13H15F2O3P. The summed E-state index contributed by atoms with van der Waals surface area (Å²) in [5, 5.41) is 0. The van der Waals surface area contributed by atoms with Crippen molar-refractivity contribution in [3.05, 3.63) is 35.4 Å². The predicted octanol–water partition coefficient (Wildman–Crippen LogP) is 3.98. The molecule has 0 aliphatic rings. The smallest absolute Gasteiger partial charge is 0.304 e. The number of hydrogen-bond donors (Lipinski definition) is 0. The third kappa shape index (κ3) is 3.22. The van der Waals surface area contributed by atoms with Crippen molar-refractivity contribution in [1.82, 2.24) is 0 Å². The first kappa shape index (κ1) is 15.8. The Balaban J connectivity index is 3.18. The Labute approximate surface area is 111 Å². The largest absolute Gasteiger partial charge is 0.404 e. The number of terminal acetylenes is 1. The molecule has 0 unspecified atom stereocenters. The zero-order valence-corrected chi connectivity index (χ0v) is 11.6. The second-order valence-corrected chi connectivity index (χ2v) is 5.67. The van der Waals surface area contributed by atoms with Crippen LogP contribution in [-0.4, -0.2) is 13.2 Å². The summed E-state index contributed by atoms with van der Waals surface area (Å²) >= 11 is 0. The molecule has 0 heterocycles. The fourth-order valence-corrected chi connectivity index (χ4v) is 3.01. The molecule has 0 saturated carbocycles. The van der Waals surface area contributed by atoms with Gasteiger partial charge < -0.3 is 9.05 Å². The Morgan fingerprint density at radius 2 is 1.68 bits per heavy atom. The lowest BCUT2D eigenvalue weighted by atomic mass is 10.1. The lowest BCUT2D eigenvalue weighted by Crippen LogP contribution is -2.18. The molecule has 0 bridgehead atoms. The Kier molecular flexibility index (Phi) is 5.25. The summed E-state index contributed by atoms with van der Waals surface area (Å²) in [5.74, 6) is 2.32. The van der Waals surface area contributed by atoms with Gasteiger partial charge in [-0.1, -0.05) is 18.1 Å². The average Bonchev–Trinajstić information content (AvgIpc) is 2.39. The van der Waals surface area contributed by atoms with E-state index in [9.17, 15) is 13.3 Å². The van der Waals surface area contributed by atoms with Gasteiger partial charge in [-0.3, -0.25) is 4.57 Å². The van der Waals surface area contributed by atoms with Gasteiger partial charge in [0.15, 0.2) is 0 Å². The van der Waals surface area contributed by atoms with Crippen LogP contribution < -0.4 is 0 Å². The van der Waals surface area contributed by atoms with Crippen molar-refractivity contribution in [2.45, 2.75) is 19.5 Å². The summed E-state index contributed by atoms with van der Waals surface area (Å²) in [7, 11) is -4.55. The monoisotopic (exact) mass is 288 g/mol. The van der Waals surface area contributed by atoms with Gasteiger partial charge in [-0.2, -0.15) is 8.78 Å². The minimum atomic E-state index is -4.55. The van der Waals surface area contributed by atoms with Crippen LogP contribution in [0, 0.1) is 12.3 Å². The topological polar surface area (TPSA) is 35.5 Å². The second kappa shape index (κ2) is 6.29. The van der Waals surface area contributed by atoms with Gasteiger partial charge in [-0.05, 0) is 26.0 Å². The van der Waals surface area contributed by atoms with Crippen molar-refractivity contribution in [2.24, 2.45) is 0 Å². The molecule has 0 aromatic heterocycles. The molecule has 0 spiro atoms. The van der Waals surface area contributed by atoms with Gasteiger partial charge in [-0.25, -0.2) is 0 Å². The van der Waals surface area contributed by atoms with Crippen molar-refractivity contribution in [1.29, 1.82) is 0 Å². The van der Waals surface area contributed by atoms with E-state index in [-0.39, 0.29) is 13.2 Å². The lowest BCUT2D eigenvalue weighted by Gasteiger charge is -2.25. The van der Waals surface area contributed by atoms with Crippen molar-refractivity contribution in [2.75, 3.05) is 13.2 Å². The molecule has 0 fully saturated rings. The highest BCUT2D eigenvalue weighted by Gasteiger charge is 2.54. The van der Waals surface area contributed by atoms with Gasteiger partial charge >= 0.3 is 13.3 Å². The Bertz CT molecular complexity index is 496. The van der Waals surface area contributed by atoms with E-state index in [1.54, 1.807) is 0 Å². The third-order valence-corrected chi connectivity index (χ3v) is 4.48. The van der Waals surface area contributed by atoms with Crippen LogP contribution in [0.3, 0.4) is 0 Å². The highest BCUT2D eigenvalue weighted by atomic mass is 31.2. The molecule has 0 atom stereocenters. The second-order valence-electron chi connectivity index (χ2n) is 3.60. The van der Waals surface area contributed by atoms with Gasteiger partial charge in [-0.15, -0.1) is 6.42 Å². The predicted molar refractivity (Wildman–Crippen MR) is 69.1 cm³/mol. The molecule has 0 aliphatic carbocycles. The first-order valence-corrected chi connectivity index (χ1v) is 7.29. The van der Waals surface area contributed by atoms with Crippen molar-refractivity contribution < 1.29 is 22.4 Å². The summed E-state index contributed by atoms with van der Waals surface area (Å²) < 4.78 is 50.0. The van der Waals surface area contributed by atoms with Crippen LogP contribution in [0.15, 0.2) is 24.3 Å². The first-order valence-electron chi connectivity index (χ1n) is 5.75. The van der Waals surface area contributed by atoms with Crippen LogP contribution in [0.1, 0.15) is 25.0 Å². The number of rotatable bonds is 6. The van der Waals surface area contributed by atoms with Crippen LogP contribution in [0.4, 0.5) is 8.78 Å². The fraction of sp³-hybridized carbons (Fsp3) is 0.385. The maximum Gasteiger partial charge on any atom is 0.404 e. The molecule has 0 N–H and O–H groups in total. The minimum Gasteiger partial charge on any atom is -0.304 e. The van der Waals surface area contributed by atoms with Gasteiger partial charge in [0.05, 0.1) is 13.2 Å². The Morgan fingerprint density at radius 1 is 1.21 bits per heavy atom. The Hall–Kier alpha value is -1.21. The van der Waals surface area contributed by atoms with Crippen LogP contribution in [0.2, 0.25) is 0 Å². The summed E-state index contributed by atoms with van der Waals surface area (Å²) in [6.45, 7) is 2.69. The van der Waals surface area contributed by atoms with Crippen molar-refractivity contribution in [3.63, 3.8) is 0 Å². The maximum atomic E-state index is 14.2. The maximum absolute atomic E-state index is 14.2. The molecule has 0 amide bonds. The van der Waals surface area contributed by atoms with Crippen molar-refractivity contribution in [3.8, 4) is 12.3 Å². The van der Waals surface area contributed by atoms with Gasteiger partial charge in [0.1, 0.15) is 0 Å². The number of hydrogen-bond acceptors (Lipinski definition) is 3. The van der Waals surface area contributed by atoms with Gasteiger partial charge in [0.2, 0.25) is 0 Å². The van der Waals surface area contributed by atoms with E-state index in [1.165, 1.54) is 26.0 Å². The highest BCUT2D eigenvalue weighted by Crippen LogP contribution is 2.66. The molecule has 1 aromatic rings. The van der Waals surface area contributed by atoms with Gasteiger partial charge in [0.25, 0.3) is 0 Å². The van der Waals surface area contributed by atoms with E-state index < -0.39 is 18.8 Å². The zero-order valence-electron chi connectivity index (χ0n) is 10.7. The van der Waals surface area contributed by atoms with Crippen LogP contribution in [-0.2, 0) is 19.3 Å². The molecule has 104 valence electrons. The molecule has 1 rings (SSSR count). The summed E-state index contributed by atoms with van der Waals surface area (Å²) in [6, 6.07) is 4.96. The minimum absolute atomic E-state index is 0.130. The molecule has 1 aromatic carbocycles. The van der Waals surface area contributed by atoms with E-state index >= 15 is 0 Å². The third-order valence-electron chi connectivity index (χ3n) is 2.34. The van der Waals surface area contributed by atoms with E-state index in [1.807, 2.05) is 0 Å². The van der Waals surface area contributed by atoms with E-state index in [2.05, 4.69) is 15.0 Å². The Morgan fingerprint density at radius 3 is 2.05 bits per heavy atom. The van der Waals surface area contributed by atoms with Gasteiger partial charge in [0, 0.05) is 11.1 Å². The SMILES string of the molecule is C#Cc1ccc(C(F)(F)P(=O)(OCC)OCC)cc1. The summed E-state index contributed by atoms with van der Waals surface area (Å²) in [5.41, 5.74) is -3.70. The van der Waals surface area contributed by atoms with Crippen molar-refractivity contribution >= 4 is 7.60 Å². The molecule has 0 radical (unpaired) electrons. The van der Waals surface area contributed by atoms with Crippen LogP contribution in [0.5, 0.6) is 0 Å². The quantitative estimate of drug-likeness (QED) is 0.586. The molecule has 19 heavy (non-hydrogen) atoms. The summed E-state index contributed by atoms with van der Waals surface area (Å²) in [6.07, 6.45) is 5.15. The molecule has 0 aliphatic heterocycles. The number of benzene rings is 1. The van der Waals surface area contributed by atoms with E-state index in [0.717, 1.165) is 12.1 Å². The molecule has 0 saturated heterocycles. The molecular weight excluding hydrogens is 273 g/mol. The first-order chi connectivity index (χ1) is 8.91. The average molecular weight is 288 g/mol. The van der Waals surface area contributed by atoms with Crippen LogP contribution >= 0.6 is 7.60 Å². The summed E-state index contributed by atoms with van der Waals surface area (Å²) in [4.78, 5) is 0. The highest BCUT2D eigenvalue weighted by molar-refractivity contribution is 7.54. The zero-order chi connectivity index (χ0) is 14.5. The van der Waals surface area contributed by atoms with E-state index in [0.29, 0.717) is 5.56 Å². The number of halogens is 2. The molecule has 3 nitrogen and oxygen atoms in total. The standard InChI is InChI=1S/C13H15F2O3P/c1-4-11-7-9-12(10-8-11)13(14,15)19(16,17-5-2)18-6-3/h1,7-10H,5-6H2,2-3H3. The molecule has 6 heteroatoms. The number of alkyl halides is 2. The normalized spacial score (nSPS) is 12.2. The lowest BCUT2D eigenvalue weighted by molar-refractivity contribution is 0.0360. The fourth-order valence-electron chi connectivity index (χ4n) is 1.46. The van der Waals surface area contributed by atoms with Crippen LogP contribution in [0.25, 0.3) is 0 Å².